The van der Waals surface area contributed by atoms with E-state index in [0.29, 0.717) is 29.6 Å². The van der Waals surface area contributed by atoms with Gasteiger partial charge in [-0.15, -0.1) is 0 Å². The van der Waals surface area contributed by atoms with Crippen molar-refractivity contribution in [3.8, 4) is 0 Å². The Balaban J connectivity index is 2.48. The first-order chi connectivity index (χ1) is 9.06. The van der Waals surface area contributed by atoms with Gasteiger partial charge in [0.15, 0.2) is 0 Å². The number of hydrogen-bond donors (Lipinski definition) is 2. The molecule has 1 aromatic rings. The van der Waals surface area contributed by atoms with Gasteiger partial charge < -0.3 is 11.1 Å². The maximum absolute atomic E-state index is 13.0. The Morgan fingerprint density at radius 1 is 1.47 bits per heavy atom. The van der Waals surface area contributed by atoms with E-state index in [-0.39, 0.29) is 5.91 Å². The van der Waals surface area contributed by atoms with E-state index >= 15 is 0 Å². The number of nitrogens with two attached hydrogens (primary N) is 1. The van der Waals surface area contributed by atoms with Gasteiger partial charge in [-0.05, 0) is 43.5 Å². The number of hydrogen-bond acceptors (Lipinski definition) is 2. The van der Waals surface area contributed by atoms with Crippen molar-refractivity contribution in [2.45, 2.75) is 32.6 Å². The third-order valence-electron chi connectivity index (χ3n) is 3.13. The van der Waals surface area contributed by atoms with Gasteiger partial charge in [0.1, 0.15) is 5.82 Å². The lowest BCUT2D eigenvalue weighted by Crippen LogP contribution is -2.15. The highest BCUT2D eigenvalue weighted by Crippen LogP contribution is 2.23. The summed E-state index contributed by atoms with van der Waals surface area (Å²) >= 11 is 5.88. The van der Waals surface area contributed by atoms with E-state index in [0.717, 1.165) is 19.3 Å². The Morgan fingerprint density at radius 3 is 2.84 bits per heavy atom. The lowest BCUT2D eigenvalue weighted by molar-refractivity contribution is -0.116. The van der Waals surface area contributed by atoms with Crippen molar-refractivity contribution >= 4 is 23.2 Å². The molecule has 0 aliphatic carbocycles. The van der Waals surface area contributed by atoms with Gasteiger partial charge in [0.05, 0.1) is 10.7 Å². The lowest BCUT2D eigenvalue weighted by atomic mass is 9.96. The molecule has 3 N–H and O–H groups in total. The minimum Gasteiger partial charge on any atom is -0.330 e. The van der Waals surface area contributed by atoms with Crippen molar-refractivity contribution in [3.05, 3.63) is 29.0 Å². The van der Waals surface area contributed by atoms with E-state index in [2.05, 4.69) is 12.2 Å². The topological polar surface area (TPSA) is 55.1 Å². The van der Waals surface area contributed by atoms with Gasteiger partial charge >= 0.3 is 0 Å². The number of benzene rings is 1. The molecule has 106 valence electrons. The van der Waals surface area contributed by atoms with Crippen LogP contribution in [0.4, 0.5) is 10.1 Å². The lowest BCUT2D eigenvalue weighted by Gasteiger charge is -2.13. The standard InChI is InChI=1S/C14H20ClFN2O/c1-2-10(7-8-17)3-6-14(19)18-13-9-11(16)4-5-12(13)15/h4-5,9-10H,2-3,6-8,17H2,1H3,(H,18,19). The summed E-state index contributed by atoms with van der Waals surface area (Å²) in [7, 11) is 0. The maximum atomic E-state index is 13.0. The van der Waals surface area contributed by atoms with Gasteiger partial charge in [0, 0.05) is 6.42 Å². The molecule has 19 heavy (non-hydrogen) atoms. The zero-order valence-electron chi connectivity index (χ0n) is 11.1. The Kier molecular flexibility index (Phi) is 6.81. The van der Waals surface area contributed by atoms with Crippen molar-refractivity contribution in [1.29, 1.82) is 0 Å². The van der Waals surface area contributed by atoms with E-state index in [4.69, 9.17) is 17.3 Å². The van der Waals surface area contributed by atoms with Crippen molar-refractivity contribution < 1.29 is 9.18 Å². The monoisotopic (exact) mass is 286 g/mol. The molecule has 0 saturated carbocycles. The molecule has 0 aliphatic rings. The number of amides is 1. The van der Waals surface area contributed by atoms with Crippen LogP contribution >= 0.6 is 11.6 Å². The normalized spacial score (nSPS) is 12.2. The molecule has 0 bridgehead atoms. The smallest absolute Gasteiger partial charge is 0.224 e. The zero-order valence-corrected chi connectivity index (χ0v) is 11.8. The number of nitrogens with one attached hydrogen (secondary N) is 1. The van der Waals surface area contributed by atoms with E-state index in [9.17, 15) is 9.18 Å². The molecule has 3 nitrogen and oxygen atoms in total. The van der Waals surface area contributed by atoms with E-state index in [1.807, 2.05) is 0 Å². The van der Waals surface area contributed by atoms with Crippen molar-refractivity contribution in [2.24, 2.45) is 11.7 Å². The Bertz CT molecular complexity index is 426. The SMILES string of the molecule is CCC(CCN)CCC(=O)Nc1cc(F)ccc1Cl. The highest BCUT2D eigenvalue weighted by Gasteiger charge is 2.11. The second kappa shape index (κ2) is 8.12. The average Bonchev–Trinajstić information content (AvgIpc) is 2.39. The highest BCUT2D eigenvalue weighted by atomic mass is 35.5. The summed E-state index contributed by atoms with van der Waals surface area (Å²) < 4.78 is 13.0. The van der Waals surface area contributed by atoms with Gasteiger partial charge in [-0.1, -0.05) is 24.9 Å². The van der Waals surface area contributed by atoms with Crippen LogP contribution in [0, 0.1) is 11.7 Å². The average molecular weight is 287 g/mol. The molecule has 1 rings (SSSR count). The number of carbonyl (C=O) groups is 1. The molecule has 0 aromatic heterocycles. The predicted octanol–water partition coefficient (Wildman–Crippen LogP) is 3.57. The predicted molar refractivity (Wildman–Crippen MR) is 76.7 cm³/mol. The third kappa shape index (κ3) is 5.57. The largest absolute Gasteiger partial charge is 0.330 e. The van der Waals surface area contributed by atoms with Gasteiger partial charge in [-0.2, -0.15) is 0 Å². The van der Waals surface area contributed by atoms with Crippen LogP contribution in [-0.2, 0) is 4.79 Å². The summed E-state index contributed by atoms with van der Waals surface area (Å²) in [4.78, 5) is 11.8. The molecule has 1 amide bonds. The number of anilines is 1. The molecular weight excluding hydrogens is 267 g/mol. The summed E-state index contributed by atoms with van der Waals surface area (Å²) in [5.74, 6) is -0.115. The zero-order chi connectivity index (χ0) is 14.3. The summed E-state index contributed by atoms with van der Waals surface area (Å²) in [5.41, 5.74) is 5.83. The molecule has 0 aliphatic heterocycles. The number of carbonyl (C=O) groups excluding carboxylic acids is 1. The van der Waals surface area contributed by atoms with Crippen LogP contribution in [0.3, 0.4) is 0 Å². The van der Waals surface area contributed by atoms with E-state index < -0.39 is 5.82 Å². The number of halogens is 2. The minimum absolute atomic E-state index is 0.150. The van der Waals surface area contributed by atoms with Gasteiger partial charge in [0.25, 0.3) is 0 Å². The van der Waals surface area contributed by atoms with Crippen molar-refractivity contribution in [1.82, 2.24) is 0 Å². The fourth-order valence-electron chi connectivity index (χ4n) is 1.93. The second-order valence-electron chi connectivity index (χ2n) is 4.56. The summed E-state index contributed by atoms with van der Waals surface area (Å²) in [6, 6.07) is 3.90. The quantitative estimate of drug-likeness (QED) is 0.805. The molecule has 0 spiro atoms. The van der Waals surface area contributed by atoms with E-state index in [1.165, 1.54) is 18.2 Å². The Labute approximate surface area is 118 Å². The molecule has 0 saturated heterocycles. The first kappa shape index (κ1) is 15.9. The maximum Gasteiger partial charge on any atom is 0.224 e. The van der Waals surface area contributed by atoms with Gasteiger partial charge in [0.2, 0.25) is 5.91 Å². The van der Waals surface area contributed by atoms with Crippen LogP contribution in [0.1, 0.15) is 32.6 Å². The molecular formula is C14H20ClFN2O. The number of rotatable bonds is 7. The molecule has 1 atom stereocenters. The fourth-order valence-corrected chi connectivity index (χ4v) is 2.09. The highest BCUT2D eigenvalue weighted by molar-refractivity contribution is 6.33. The first-order valence-electron chi connectivity index (χ1n) is 6.51. The fraction of sp³-hybridized carbons (Fsp3) is 0.500. The Hall–Kier alpha value is -1.13. The molecule has 0 radical (unpaired) electrons. The molecule has 0 heterocycles. The van der Waals surface area contributed by atoms with Crippen LogP contribution in [0.5, 0.6) is 0 Å². The van der Waals surface area contributed by atoms with Gasteiger partial charge in [-0.25, -0.2) is 4.39 Å². The third-order valence-corrected chi connectivity index (χ3v) is 3.46. The molecule has 0 fully saturated rings. The Morgan fingerprint density at radius 2 is 2.21 bits per heavy atom. The van der Waals surface area contributed by atoms with Crippen LogP contribution in [0.15, 0.2) is 18.2 Å². The van der Waals surface area contributed by atoms with Crippen molar-refractivity contribution in [3.63, 3.8) is 0 Å². The van der Waals surface area contributed by atoms with Crippen LogP contribution < -0.4 is 11.1 Å². The first-order valence-corrected chi connectivity index (χ1v) is 6.89. The summed E-state index contributed by atoms with van der Waals surface area (Å²) in [5, 5.41) is 2.97. The molecule has 1 unspecified atom stereocenters. The second-order valence-corrected chi connectivity index (χ2v) is 4.97. The van der Waals surface area contributed by atoms with Crippen LogP contribution in [0.2, 0.25) is 5.02 Å². The minimum atomic E-state index is -0.422. The summed E-state index contributed by atoms with van der Waals surface area (Å²) in [6.45, 7) is 2.72. The van der Waals surface area contributed by atoms with Gasteiger partial charge in [-0.3, -0.25) is 4.79 Å². The summed E-state index contributed by atoms with van der Waals surface area (Å²) in [6.07, 6.45) is 3.10. The molecule has 5 heteroatoms. The van der Waals surface area contributed by atoms with Crippen LogP contribution in [-0.4, -0.2) is 12.5 Å². The van der Waals surface area contributed by atoms with Crippen molar-refractivity contribution in [2.75, 3.05) is 11.9 Å². The van der Waals surface area contributed by atoms with Crippen LogP contribution in [0.25, 0.3) is 0 Å². The van der Waals surface area contributed by atoms with E-state index in [1.54, 1.807) is 0 Å². The molecule has 1 aromatic carbocycles.